The summed E-state index contributed by atoms with van der Waals surface area (Å²) >= 11 is 17.9. The zero-order valence-corrected chi connectivity index (χ0v) is 14.0. The Morgan fingerprint density at radius 3 is 2.45 bits per heavy atom. The van der Waals surface area contributed by atoms with Crippen LogP contribution in [0.1, 0.15) is 49.9 Å². The second-order valence-corrected chi connectivity index (χ2v) is 5.93. The predicted molar refractivity (Wildman–Crippen MR) is 85.1 cm³/mol. The van der Waals surface area contributed by atoms with Crippen LogP contribution in [0.3, 0.4) is 0 Å². The van der Waals surface area contributed by atoms with Crippen LogP contribution in [-0.2, 0) is 4.74 Å². The monoisotopic (exact) mass is 336 g/mol. The highest BCUT2D eigenvalue weighted by Gasteiger charge is 2.19. The fraction of sp³-hybridized carbons (Fsp3) is 0.533. The minimum absolute atomic E-state index is 0.144. The van der Waals surface area contributed by atoms with Gasteiger partial charge in [-0.3, -0.25) is 0 Å². The van der Waals surface area contributed by atoms with Gasteiger partial charge in [0.25, 0.3) is 0 Å². The molecule has 1 rings (SSSR count). The van der Waals surface area contributed by atoms with Crippen molar-refractivity contribution < 1.29 is 9.53 Å². The second kappa shape index (κ2) is 8.76. The SMILES string of the molecule is CCCCC(CC)COC(=O)c1c(Cl)ccc(Cl)c1Cl. The summed E-state index contributed by atoms with van der Waals surface area (Å²) < 4.78 is 5.33. The number of hydrogen-bond donors (Lipinski definition) is 0. The van der Waals surface area contributed by atoms with Gasteiger partial charge in [0, 0.05) is 0 Å². The Bertz CT molecular complexity index is 461. The van der Waals surface area contributed by atoms with E-state index in [0.717, 1.165) is 25.7 Å². The van der Waals surface area contributed by atoms with E-state index in [1.165, 1.54) is 0 Å². The summed E-state index contributed by atoms with van der Waals surface area (Å²) in [4.78, 5) is 12.1. The zero-order valence-electron chi connectivity index (χ0n) is 11.7. The van der Waals surface area contributed by atoms with E-state index in [2.05, 4.69) is 13.8 Å². The molecule has 0 amide bonds. The predicted octanol–water partition coefficient (Wildman–Crippen LogP) is 6.02. The average Bonchev–Trinajstić information content (AvgIpc) is 2.43. The van der Waals surface area contributed by atoms with Crippen LogP contribution in [0.15, 0.2) is 12.1 Å². The number of hydrogen-bond acceptors (Lipinski definition) is 2. The van der Waals surface area contributed by atoms with E-state index >= 15 is 0 Å². The molecule has 0 saturated carbocycles. The zero-order chi connectivity index (χ0) is 15.1. The number of carbonyl (C=O) groups excluding carboxylic acids is 1. The average molecular weight is 338 g/mol. The molecule has 5 heteroatoms. The van der Waals surface area contributed by atoms with Crippen LogP contribution < -0.4 is 0 Å². The summed E-state index contributed by atoms with van der Waals surface area (Å²) in [5.41, 5.74) is 0.145. The fourth-order valence-electron chi connectivity index (χ4n) is 1.88. The van der Waals surface area contributed by atoms with Gasteiger partial charge in [-0.05, 0) is 24.5 Å². The van der Waals surface area contributed by atoms with E-state index in [-0.39, 0.29) is 15.6 Å². The molecule has 1 atom stereocenters. The van der Waals surface area contributed by atoms with Gasteiger partial charge >= 0.3 is 5.97 Å². The largest absolute Gasteiger partial charge is 0.462 e. The maximum atomic E-state index is 12.1. The van der Waals surface area contributed by atoms with Crippen LogP contribution >= 0.6 is 34.8 Å². The van der Waals surface area contributed by atoms with Gasteiger partial charge in [0.1, 0.15) is 0 Å². The number of unbranched alkanes of at least 4 members (excludes halogenated alkanes) is 1. The Kier molecular flexibility index (Phi) is 7.71. The molecule has 0 radical (unpaired) electrons. The maximum Gasteiger partial charge on any atom is 0.341 e. The van der Waals surface area contributed by atoms with Gasteiger partial charge in [0.15, 0.2) is 0 Å². The Balaban J connectivity index is 2.70. The van der Waals surface area contributed by atoms with Gasteiger partial charge in [0.2, 0.25) is 0 Å². The Morgan fingerprint density at radius 2 is 1.85 bits per heavy atom. The normalized spacial score (nSPS) is 12.2. The van der Waals surface area contributed by atoms with Gasteiger partial charge < -0.3 is 4.74 Å². The topological polar surface area (TPSA) is 26.3 Å². The Labute approximate surface area is 135 Å². The van der Waals surface area contributed by atoms with Crippen molar-refractivity contribution in [1.82, 2.24) is 0 Å². The van der Waals surface area contributed by atoms with Crippen LogP contribution in [0.4, 0.5) is 0 Å². The van der Waals surface area contributed by atoms with E-state index in [4.69, 9.17) is 39.5 Å². The highest BCUT2D eigenvalue weighted by Crippen LogP contribution is 2.32. The molecular formula is C15H19Cl3O2. The maximum absolute atomic E-state index is 12.1. The third-order valence-electron chi connectivity index (χ3n) is 3.24. The Hall–Kier alpha value is -0.440. The lowest BCUT2D eigenvalue weighted by Crippen LogP contribution is -2.14. The molecular weight excluding hydrogens is 319 g/mol. The lowest BCUT2D eigenvalue weighted by Gasteiger charge is -2.15. The number of esters is 1. The summed E-state index contributed by atoms with van der Waals surface area (Å²) in [6.45, 7) is 4.62. The molecule has 0 aliphatic rings. The number of halogens is 3. The summed E-state index contributed by atoms with van der Waals surface area (Å²) in [5, 5.41) is 0.692. The highest BCUT2D eigenvalue weighted by molar-refractivity contribution is 6.46. The third kappa shape index (κ3) is 4.83. The van der Waals surface area contributed by atoms with E-state index in [0.29, 0.717) is 17.5 Å². The van der Waals surface area contributed by atoms with E-state index in [1.54, 1.807) is 12.1 Å². The molecule has 0 aliphatic heterocycles. The van der Waals surface area contributed by atoms with Gasteiger partial charge in [-0.1, -0.05) is 67.9 Å². The van der Waals surface area contributed by atoms with Gasteiger partial charge in [0.05, 0.1) is 27.2 Å². The number of carbonyl (C=O) groups is 1. The second-order valence-electron chi connectivity index (χ2n) is 4.73. The molecule has 0 aliphatic carbocycles. The number of benzene rings is 1. The van der Waals surface area contributed by atoms with Crippen molar-refractivity contribution >= 4 is 40.8 Å². The number of ether oxygens (including phenoxy) is 1. The smallest absolute Gasteiger partial charge is 0.341 e. The molecule has 0 fully saturated rings. The number of rotatable bonds is 7. The van der Waals surface area contributed by atoms with Crippen molar-refractivity contribution in [3.05, 3.63) is 32.8 Å². The standard InChI is InChI=1S/C15H19Cl3O2/c1-3-5-6-10(4-2)9-20-15(19)13-11(16)7-8-12(17)14(13)18/h7-8,10H,3-6,9H2,1-2H3. The lowest BCUT2D eigenvalue weighted by atomic mass is 10.0. The van der Waals surface area contributed by atoms with Gasteiger partial charge in [-0.15, -0.1) is 0 Å². The van der Waals surface area contributed by atoms with Crippen LogP contribution in [0.25, 0.3) is 0 Å². The van der Waals surface area contributed by atoms with Crippen LogP contribution in [0.2, 0.25) is 15.1 Å². The summed E-state index contributed by atoms with van der Waals surface area (Å²) in [6.07, 6.45) is 4.30. The third-order valence-corrected chi connectivity index (χ3v) is 4.36. The van der Waals surface area contributed by atoms with Crippen LogP contribution in [-0.4, -0.2) is 12.6 Å². The summed E-state index contributed by atoms with van der Waals surface area (Å²) in [5.74, 6) is -0.145. The molecule has 0 N–H and O–H groups in total. The van der Waals surface area contributed by atoms with Gasteiger partial charge in [-0.2, -0.15) is 0 Å². The van der Waals surface area contributed by atoms with Crippen LogP contribution in [0, 0.1) is 5.92 Å². The molecule has 0 aromatic heterocycles. The minimum atomic E-state index is -0.516. The molecule has 20 heavy (non-hydrogen) atoms. The fourth-order valence-corrected chi connectivity index (χ4v) is 2.56. The molecule has 0 heterocycles. The molecule has 2 nitrogen and oxygen atoms in total. The van der Waals surface area contributed by atoms with E-state index < -0.39 is 5.97 Å². The molecule has 0 saturated heterocycles. The van der Waals surface area contributed by atoms with Gasteiger partial charge in [-0.25, -0.2) is 4.79 Å². The molecule has 1 unspecified atom stereocenters. The first kappa shape index (κ1) is 17.6. The molecule has 0 bridgehead atoms. The first-order valence-electron chi connectivity index (χ1n) is 6.81. The van der Waals surface area contributed by atoms with Crippen molar-refractivity contribution in [1.29, 1.82) is 0 Å². The van der Waals surface area contributed by atoms with Crippen molar-refractivity contribution in [3.8, 4) is 0 Å². The molecule has 1 aromatic rings. The first-order valence-corrected chi connectivity index (χ1v) is 7.95. The summed E-state index contributed by atoms with van der Waals surface area (Å²) in [6, 6.07) is 3.10. The summed E-state index contributed by atoms with van der Waals surface area (Å²) in [7, 11) is 0. The van der Waals surface area contributed by atoms with Crippen molar-refractivity contribution in [3.63, 3.8) is 0 Å². The highest BCUT2D eigenvalue weighted by atomic mass is 35.5. The molecule has 0 spiro atoms. The van der Waals surface area contributed by atoms with E-state index in [1.807, 2.05) is 0 Å². The molecule has 1 aromatic carbocycles. The van der Waals surface area contributed by atoms with Crippen molar-refractivity contribution in [2.45, 2.75) is 39.5 Å². The minimum Gasteiger partial charge on any atom is -0.462 e. The quantitative estimate of drug-likeness (QED) is 0.449. The van der Waals surface area contributed by atoms with Crippen LogP contribution in [0.5, 0.6) is 0 Å². The van der Waals surface area contributed by atoms with Crippen molar-refractivity contribution in [2.24, 2.45) is 5.92 Å². The first-order chi connectivity index (χ1) is 9.51. The lowest BCUT2D eigenvalue weighted by molar-refractivity contribution is 0.0428. The van der Waals surface area contributed by atoms with E-state index in [9.17, 15) is 4.79 Å². The molecule has 112 valence electrons. The Morgan fingerprint density at radius 1 is 1.20 bits per heavy atom. The van der Waals surface area contributed by atoms with Crippen molar-refractivity contribution in [2.75, 3.05) is 6.61 Å².